The van der Waals surface area contributed by atoms with Gasteiger partial charge in [0.05, 0.1) is 12.2 Å². The number of halogens is 3. The molecule has 10 heteroatoms. The molecule has 3 heterocycles. The maximum absolute atomic E-state index is 13.4. The zero-order valence-electron chi connectivity index (χ0n) is 13.9. The maximum atomic E-state index is 13.4. The van der Waals surface area contributed by atoms with Crippen LogP contribution in [0.15, 0.2) is 4.79 Å². The molecule has 0 bridgehead atoms. The summed E-state index contributed by atoms with van der Waals surface area (Å²) in [5, 5.41) is 9.50. The van der Waals surface area contributed by atoms with Gasteiger partial charge in [-0.2, -0.15) is 18.3 Å². The van der Waals surface area contributed by atoms with E-state index >= 15 is 0 Å². The normalized spacial score (nSPS) is 20.7. The highest BCUT2D eigenvalue weighted by molar-refractivity contribution is 5.77. The second-order valence-electron chi connectivity index (χ2n) is 5.86. The van der Waals surface area contributed by atoms with E-state index in [4.69, 9.17) is 0 Å². The van der Waals surface area contributed by atoms with Crippen LogP contribution < -0.4 is 21.1 Å². The molecule has 2 aliphatic rings. The number of piperazine rings is 1. The van der Waals surface area contributed by atoms with Gasteiger partial charge in [-0.15, -0.1) is 5.92 Å². The van der Waals surface area contributed by atoms with Gasteiger partial charge in [-0.3, -0.25) is 9.69 Å². The van der Waals surface area contributed by atoms with Crippen molar-refractivity contribution in [2.24, 2.45) is 7.05 Å². The molecule has 1 fully saturated rings. The van der Waals surface area contributed by atoms with E-state index in [1.54, 1.807) is 11.8 Å². The average Bonchev–Trinajstić information content (AvgIpc) is 2.95. The first kappa shape index (κ1) is 17.6. The maximum Gasteiger partial charge on any atom is 0.437 e. The summed E-state index contributed by atoms with van der Waals surface area (Å²) in [5.74, 6) is 5.58. The Kier molecular flexibility index (Phi) is 4.62. The Morgan fingerprint density at radius 1 is 1.32 bits per heavy atom. The highest BCUT2D eigenvalue weighted by atomic mass is 19.4. The second kappa shape index (κ2) is 6.57. The lowest BCUT2D eigenvalue weighted by molar-refractivity contribution is -0.141. The Hall–Kier alpha value is -2.25. The van der Waals surface area contributed by atoms with Gasteiger partial charge in [0.15, 0.2) is 12.0 Å². The van der Waals surface area contributed by atoms with Crippen molar-refractivity contribution in [1.82, 2.24) is 20.0 Å². The number of anilines is 2. The molecule has 0 radical (unpaired) electrons. The van der Waals surface area contributed by atoms with Crippen LogP contribution in [0.5, 0.6) is 0 Å². The third-order valence-corrected chi connectivity index (χ3v) is 4.27. The third-order valence-electron chi connectivity index (χ3n) is 4.27. The average molecular weight is 356 g/mol. The molecular formula is C15H19F3N6O. The van der Waals surface area contributed by atoms with Gasteiger partial charge in [0, 0.05) is 33.2 Å². The monoisotopic (exact) mass is 356 g/mol. The van der Waals surface area contributed by atoms with E-state index in [-0.39, 0.29) is 17.9 Å². The summed E-state index contributed by atoms with van der Waals surface area (Å²) < 4.78 is 41.0. The molecule has 0 aromatic carbocycles. The Morgan fingerprint density at radius 2 is 2.00 bits per heavy atom. The Balaban J connectivity index is 2.11. The van der Waals surface area contributed by atoms with Gasteiger partial charge in [-0.25, -0.2) is 4.68 Å². The summed E-state index contributed by atoms with van der Waals surface area (Å²) in [6.45, 7) is 4.56. The van der Waals surface area contributed by atoms with Crippen molar-refractivity contribution in [2.75, 3.05) is 42.9 Å². The molecular weight excluding hydrogens is 337 g/mol. The third kappa shape index (κ3) is 3.17. The van der Waals surface area contributed by atoms with Gasteiger partial charge >= 0.3 is 6.18 Å². The van der Waals surface area contributed by atoms with Crippen molar-refractivity contribution >= 4 is 11.4 Å². The SMILES string of the molecule is CC#CCN1c2c(c(C(F)(F)F)nn(C)c2=O)NC1N1CCNCC1. The topological polar surface area (TPSA) is 65.4 Å². The number of hydrogen-bond acceptors (Lipinski definition) is 6. The quantitative estimate of drug-likeness (QED) is 0.741. The Morgan fingerprint density at radius 3 is 2.60 bits per heavy atom. The first-order valence-electron chi connectivity index (χ1n) is 7.90. The predicted octanol–water partition coefficient (Wildman–Crippen LogP) is 0.243. The minimum Gasteiger partial charge on any atom is -0.349 e. The van der Waals surface area contributed by atoms with Crippen LogP contribution in [0.25, 0.3) is 0 Å². The van der Waals surface area contributed by atoms with Gasteiger partial charge in [0.1, 0.15) is 5.69 Å². The summed E-state index contributed by atoms with van der Waals surface area (Å²) in [7, 11) is 1.22. The van der Waals surface area contributed by atoms with E-state index < -0.39 is 23.7 Å². The number of aromatic nitrogens is 2. The van der Waals surface area contributed by atoms with Crippen LogP contribution in [0, 0.1) is 11.8 Å². The summed E-state index contributed by atoms with van der Waals surface area (Å²) in [4.78, 5) is 16.1. The first-order chi connectivity index (χ1) is 11.8. The van der Waals surface area contributed by atoms with Crippen LogP contribution >= 0.6 is 0 Å². The molecule has 0 amide bonds. The number of nitrogens with zero attached hydrogens (tertiary/aromatic N) is 4. The molecule has 0 aliphatic carbocycles. The van der Waals surface area contributed by atoms with Crippen LogP contribution in [0.4, 0.5) is 24.5 Å². The first-order valence-corrected chi connectivity index (χ1v) is 7.90. The van der Waals surface area contributed by atoms with Crippen LogP contribution in [0.3, 0.4) is 0 Å². The number of nitrogens with one attached hydrogen (secondary N) is 2. The molecule has 1 unspecified atom stereocenters. The summed E-state index contributed by atoms with van der Waals surface area (Å²) in [5.41, 5.74) is -1.96. The van der Waals surface area contributed by atoms with Crippen LogP contribution in [0.1, 0.15) is 12.6 Å². The molecule has 2 N–H and O–H groups in total. The highest BCUT2D eigenvalue weighted by Gasteiger charge is 2.45. The van der Waals surface area contributed by atoms with Crippen molar-refractivity contribution in [1.29, 1.82) is 0 Å². The number of alkyl halides is 3. The van der Waals surface area contributed by atoms with Gasteiger partial charge in [-0.1, -0.05) is 5.92 Å². The van der Waals surface area contributed by atoms with Gasteiger partial charge in [0.25, 0.3) is 5.56 Å². The van der Waals surface area contributed by atoms with E-state index in [0.717, 1.165) is 17.8 Å². The smallest absolute Gasteiger partial charge is 0.349 e. The van der Waals surface area contributed by atoms with Crippen LogP contribution in [-0.4, -0.2) is 53.7 Å². The summed E-state index contributed by atoms with van der Waals surface area (Å²) >= 11 is 0. The van der Waals surface area contributed by atoms with E-state index in [1.807, 2.05) is 4.90 Å². The fraction of sp³-hybridized carbons (Fsp3) is 0.600. The van der Waals surface area contributed by atoms with Gasteiger partial charge in [-0.05, 0) is 6.92 Å². The van der Waals surface area contributed by atoms with E-state index in [2.05, 4.69) is 27.6 Å². The summed E-state index contributed by atoms with van der Waals surface area (Å²) in [6.07, 6.45) is -5.22. The minimum absolute atomic E-state index is 0.0314. The lowest BCUT2D eigenvalue weighted by Gasteiger charge is -2.37. The van der Waals surface area contributed by atoms with Crippen LogP contribution in [0.2, 0.25) is 0 Å². The van der Waals surface area contributed by atoms with Crippen molar-refractivity contribution in [3.63, 3.8) is 0 Å². The molecule has 1 aromatic rings. The number of hydrogen-bond donors (Lipinski definition) is 2. The number of fused-ring (bicyclic) bond motifs is 1. The standard InChI is InChI=1S/C15H19F3N6O/c1-3-4-7-24-11-10(20-14(24)23-8-5-19-6-9-23)12(15(16,17)18)21-22(2)13(11)25/h14,19-20H,5-9H2,1-2H3. The fourth-order valence-corrected chi connectivity index (χ4v) is 3.09. The lowest BCUT2D eigenvalue weighted by Crippen LogP contribution is -2.56. The van der Waals surface area contributed by atoms with Crippen LogP contribution in [-0.2, 0) is 13.2 Å². The second-order valence-corrected chi connectivity index (χ2v) is 5.86. The summed E-state index contributed by atoms with van der Waals surface area (Å²) in [6, 6.07) is 0. The predicted molar refractivity (Wildman–Crippen MR) is 87.1 cm³/mol. The molecule has 3 rings (SSSR count). The van der Waals surface area contributed by atoms with Crippen molar-refractivity contribution in [2.45, 2.75) is 19.4 Å². The van der Waals surface area contributed by atoms with Crippen molar-refractivity contribution in [3.05, 3.63) is 16.0 Å². The lowest BCUT2D eigenvalue weighted by atomic mass is 10.2. The van der Waals surface area contributed by atoms with E-state index in [1.165, 1.54) is 7.05 Å². The highest BCUT2D eigenvalue weighted by Crippen LogP contribution is 2.41. The molecule has 1 saturated heterocycles. The zero-order chi connectivity index (χ0) is 18.2. The molecule has 0 spiro atoms. The molecule has 136 valence electrons. The Bertz CT molecular complexity index is 772. The van der Waals surface area contributed by atoms with E-state index in [9.17, 15) is 18.0 Å². The molecule has 2 aliphatic heterocycles. The van der Waals surface area contributed by atoms with Gasteiger partial charge in [0.2, 0.25) is 0 Å². The minimum atomic E-state index is -4.66. The molecule has 0 saturated carbocycles. The molecule has 1 aromatic heterocycles. The molecule has 25 heavy (non-hydrogen) atoms. The number of aryl methyl sites for hydroxylation is 1. The Labute approximate surface area is 142 Å². The van der Waals surface area contributed by atoms with Crippen molar-refractivity contribution in [3.8, 4) is 11.8 Å². The molecule has 1 atom stereocenters. The van der Waals surface area contributed by atoms with Gasteiger partial charge < -0.3 is 15.5 Å². The number of rotatable bonds is 2. The fourth-order valence-electron chi connectivity index (χ4n) is 3.09. The largest absolute Gasteiger partial charge is 0.437 e. The molecule has 7 nitrogen and oxygen atoms in total. The zero-order valence-corrected chi connectivity index (χ0v) is 13.9. The van der Waals surface area contributed by atoms with Crippen molar-refractivity contribution < 1.29 is 13.2 Å². The van der Waals surface area contributed by atoms with E-state index in [0.29, 0.717) is 13.1 Å².